The molecule has 0 aliphatic heterocycles. The minimum Gasteiger partial charge on any atom is -0.288 e. The number of rotatable bonds is 6. The molecule has 0 bridgehead atoms. The van der Waals surface area contributed by atoms with Crippen molar-refractivity contribution in [2.75, 3.05) is 10.5 Å². The summed E-state index contributed by atoms with van der Waals surface area (Å²) in [7, 11) is -3.43. The Morgan fingerprint density at radius 2 is 1.80 bits per heavy atom. The number of aromatic nitrogens is 3. The molecule has 2 heterocycles. The molecular formula is C18H20N4O2S. The Kier molecular flexibility index (Phi) is 4.85. The molecule has 0 aliphatic carbocycles. The van der Waals surface area contributed by atoms with Gasteiger partial charge in [-0.2, -0.15) is 0 Å². The van der Waals surface area contributed by atoms with E-state index in [0.717, 1.165) is 17.0 Å². The standard InChI is InChI=1S/C18H20N4O2S/c1-14-3-5-16(6-4-14)9-12-25(23,24)21-17-7-8-18(20-13-17)22-11-10-19-15(22)2/h3-8,10-11,13,21H,9,12H2,1-2H3. The Morgan fingerprint density at radius 3 is 2.40 bits per heavy atom. The molecule has 3 rings (SSSR count). The molecule has 0 amide bonds. The fourth-order valence-electron chi connectivity index (χ4n) is 2.45. The fourth-order valence-corrected chi connectivity index (χ4v) is 3.53. The molecule has 0 saturated heterocycles. The van der Waals surface area contributed by atoms with Crippen LogP contribution in [0.4, 0.5) is 5.69 Å². The zero-order chi connectivity index (χ0) is 17.9. The van der Waals surface area contributed by atoms with E-state index < -0.39 is 10.0 Å². The molecule has 1 aromatic carbocycles. The maximum Gasteiger partial charge on any atom is 0.233 e. The van der Waals surface area contributed by atoms with E-state index in [0.29, 0.717) is 17.9 Å². The minimum absolute atomic E-state index is 0.0262. The quantitative estimate of drug-likeness (QED) is 0.737. The van der Waals surface area contributed by atoms with E-state index in [2.05, 4.69) is 14.7 Å². The van der Waals surface area contributed by atoms with E-state index in [9.17, 15) is 8.42 Å². The summed E-state index contributed by atoms with van der Waals surface area (Å²) < 4.78 is 28.9. The van der Waals surface area contributed by atoms with Crippen LogP contribution in [0.5, 0.6) is 0 Å². The van der Waals surface area contributed by atoms with Gasteiger partial charge in [-0.25, -0.2) is 18.4 Å². The van der Waals surface area contributed by atoms with E-state index in [1.54, 1.807) is 18.3 Å². The lowest BCUT2D eigenvalue weighted by atomic mass is 10.1. The highest BCUT2D eigenvalue weighted by Gasteiger charge is 2.11. The lowest BCUT2D eigenvalue weighted by Gasteiger charge is -2.09. The predicted molar refractivity (Wildman–Crippen MR) is 98.4 cm³/mol. The molecule has 7 heteroatoms. The summed E-state index contributed by atoms with van der Waals surface area (Å²) in [6, 6.07) is 11.3. The number of imidazole rings is 1. The monoisotopic (exact) mass is 356 g/mol. The normalized spacial score (nSPS) is 11.4. The number of anilines is 1. The third-order valence-electron chi connectivity index (χ3n) is 3.87. The number of hydrogen-bond acceptors (Lipinski definition) is 4. The fraction of sp³-hybridized carbons (Fsp3) is 0.222. The summed E-state index contributed by atoms with van der Waals surface area (Å²) in [4.78, 5) is 8.43. The number of nitrogens with one attached hydrogen (secondary N) is 1. The van der Waals surface area contributed by atoms with Crippen molar-refractivity contribution in [3.05, 3.63) is 71.9 Å². The van der Waals surface area contributed by atoms with Gasteiger partial charge in [-0.3, -0.25) is 9.29 Å². The van der Waals surface area contributed by atoms with Crippen LogP contribution in [-0.4, -0.2) is 28.7 Å². The number of aryl methyl sites for hydroxylation is 3. The first-order chi connectivity index (χ1) is 11.9. The van der Waals surface area contributed by atoms with Crippen LogP contribution in [0.15, 0.2) is 55.0 Å². The predicted octanol–water partition coefficient (Wildman–Crippen LogP) is 2.87. The second kappa shape index (κ2) is 7.06. The second-order valence-corrected chi connectivity index (χ2v) is 7.75. The van der Waals surface area contributed by atoms with Crippen molar-refractivity contribution in [2.45, 2.75) is 20.3 Å². The molecule has 0 atom stereocenters. The molecular weight excluding hydrogens is 336 g/mol. The maximum atomic E-state index is 12.3. The Morgan fingerprint density at radius 1 is 1.04 bits per heavy atom. The SMILES string of the molecule is Cc1ccc(CCS(=O)(=O)Nc2ccc(-n3ccnc3C)nc2)cc1. The van der Waals surface area contributed by atoms with Gasteiger partial charge in [0.1, 0.15) is 11.6 Å². The maximum absolute atomic E-state index is 12.3. The van der Waals surface area contributed by atoms with Gasteiger partial charge < -0.3 is 0 Å². The Labute approximate surface area is 147 Å². The Hall–Kier alpha value is -2.67. The van der Waals surface area contributed by atoms with E-state index >= 15 is 0 Å². The second-order valence-electron chi connectivity index (χ2n) is 5.91. The highest BCUT2D eigenvalue weighted by Crippen LogP contribution is 2.13. The van der Waals surface area contributed by atoms with Crippen molar-refractivity contribution in [1.29, 1.82) is 0 Å². The Balaban J connectivity index is 1.64. The van der Waals surface area contributed by atoms with Crippen LogP contribution >= 0.6 is 0 Å². The molecule has 130 valence electrons. The molecule has 0 fully saturated rings. The van der Waals surface area contributed by atoms with Crippen LogP contribution in [0.1, 0.15) is 17.0 Å². The van der Waals surface area contributed by atoms with Crippen LogP contribution in [0.3, 0.4) is 0 Å². The summed E-state index contributed by atoms with van der Waals surface area (Å²) in [6.45, 7) is 3.88. The summed E-state index contributed by atoms with van der Waals surface area (Å²) in [5.74, 6) is 1.54. The molecule has 1 N–H and O–H groups in total. The molecule has 3 aromatic rings. The highest BCUT2D eigenvalue weighted by atomic mass is 32.2. The summed E-state index contributed by atoms with van der Waals surface area (Å²) >= 11 is 0. The molecule has 2 aromatic heterocycles. The van der Waals surface area contributed by atoms with E-state index in [1.165, 1.54) is 6.20 Å². The Bertz CT molecular complexity index is 946. The van der Waals surface area contributed by atoms with Gasteiger partial charge in [-0.1, -0.05) is 29.8 Å². The average molecular weight is 356 g/mol. The first-order valence-electron chi connectivity index (χ1n) is 7.95. The van der Waals surface area contributed by atoms with Crippen molar-refractivity contribution in [2.24, 2.45) is 0 Å². The lowest BCUT2D eigenvalue weighted by Crippen LogP contribution is -2.18. The molecule has 0 saturated carbocycles. The third kappa shape index (κ3) is 4.45. The summed E-state index contributed by atoms with van der Waals surface area (Å²) in [6.07, 6.45) is 5.48. The van der Waals surface area contributed by atoms with Crippen LogP contribution in [0.2, 0.25) is 0 Å². The highest BCUT2D eigenvalue weighted by molar-refractivity contribution is 7.92. The molecule has 0 spiro atoms. The van der Waals surface area contributed by atoms with Crippen LogP contribution in [-0.2, 0) is 16.4 Å². The van der Waals surface area contributed by atoms with Crippen LogP contribution in [0, 0.1) is 13.8 Å². The zero-order valence-corrected chi connectivity index (χ0v) is 15.0. The van der Waals surface area contributed by atoms with Crippen LogP contribution in [0.25, 0.3) is 5.82 Å². The van der Waals surface area contributed by atoms with Gasteiger partial charge in [0.25, 0.3) is 0 Å². The summed E-state index contributed by atoms with van der Waals surface area (Å²) in [5.41, 5.74) is 2.61. The minimum atomic E-state index is -3.43. The van der Waals surface area contributed by atoms with Gasteiger partial charge in [0.15, 0.2) is 0 Å². The first kappa shape index (κ1) is 17.2. The topological polar surface area (TPSA) is 76.9 Å². The van der Waals surface area contributed by atoms with Gasteiger partial charge in [-0.15, -0.1) is 0 Å². The van der Waals surface area contributed by atoms with E-state index in [4.69, 9.17) is 0 Å². The molecule has 6 nitrogen and oxygen atoms in total. The van der Waals surface area contributed by atoms with Gasteiger partial charge in [0.2, 0.25) is 10.0 Å². The number of nitrogens with zero attached hydrogens (tertiary/aromatic N) is 3. The number of sulfonamides is 1. The largest absolute Gasteiger partial charge is 0.288 e. The smallest absolute Gasteiger partial charge is 0.233 e. The van der Waals surface area contributed by atoms with E-state index in [-0.39, 0.29) is 5.75 Å². The number of benzene rings is 1. The first-order valence-corrected chi connectivity index (χ1v) is 9.61. The zero-order valence-electron chi connectivity index (χ0n) is 14.2. The lowest BCUT2D eigenvalue weighted by molar-refractivity contribution is 0.600. The molecule has 25 heavy (non-hydrogen) atoms. The number of pyridine rings is 1. The van der Waals surface area contributed by atoms with Gasteiger partial charge >= 0.3 is 0 Å². The van der Waals surface area contributed by atoms with Crippen molar-refractivity contribution < 1.29 is 8.42 Å². The van der Waals surface area contributed by atoms with Crippen molar-refractivity contribution >= 4 is 15.7 Å². The van der Waals surface area contributed by atoms with Crippen molar-refractivity contribution in [3.63, 3.8) is 0 Å². The third-order valence-corrected chi connectivity index (χ3v) is 5.16. The van der Waals surface area contributed by atoms with Crippen LogP contribution < -0.4 is 4.72 Å². The van der Waals surface area contributed by atoms with Crippen molar-refractivity contribution in [1.82, 2.24) is 14.5 Å². The van der Waals surface area contributed by atoms with Crippen molar-refractivity contribution in [3.8, 4) is 5.82 Å². The average Bonchev–Trinajstić information content (AvgIpc) is 3.01. The molecule has 0 aliphatic rings. The molecule has 0 radical (unpaired) electrons. The van der Waals surface area contributed by atoms with Gasteiger partial charge in [0, 0.05) is 12.4 Å². The van der Waals surface area contributed by atoms with Gasteiger partial charge in [0.05, 0.1) is 17.6 Å². The van der Waals surface area contributed by atoms with E-state index in [1.807, 2.05) is 48.9 Å². The van der Waals surface area contributed by atoms with Gasteiger partial charge in [-0.05, 0) is 38.0 Å². The molecule has 0 unspecified atom stereocenters. The summed E-state index contributed by atoms with van der Waals surface area (Å²) in [5, 5.41) is 0. The number of hydrogen-bond donors (Lipinski definition) is 1.